The molecule has 0 unspecified atom stereocenters. The predicted molar refractivity (Wildman–Crippen MR) is 54.2 cm³/mol. The van der Waals surface area contributed by atoms with Crippen LogP contribution in [-0.2, 0) is 0 Å². The summed E-state index contributed by atoms with van der Waals surface area (Å²) in [7, 11) is 0. The molecule has 2 rings (SSSR count). The smallest absolute Gasteiger partial charge is 0.191 e. The molecular weight excluding hydrogens is 180 g/mol. The second kappa shape index (κ2) is 3.02. The molecule has 14 heavy (non-hydrogen) atoms. The molecule has 0 saturated heterocycles. The van der Waals surface area contributed by atoms with Crippen molar-refractivity contribution in [2.75, 3.05) is 0 Å². The highest BCUT2D eigenvalue weighted by Gasteiger charge is 2.05. The van der Waals surface area contributed by atoms with Crippen molar-refractivity contribution in [2.24, 2.45) is 16.5 Å². The van der Waals surface area contributed by atoms with Gasteiger partial charge in [-0.2, -0.15) is 0 Å². The number of hydrogen-bond donors (Lipinski definition) is 2. The fourth-order valence-electron chi connectivity index (χ4n) is 1.32. The lowest BCUT2D eigenvalue weighted by Gasteiger charge is -1.99. The molecule has 0 spiro atoms. The summed E-state index contributed by atoms with van der Waals surface area (Å²) in [4.78, 5) is 8.05. The maximum absolute atomic E-state index is 5.30. The summed E-state index contributed by atoms with van der Waals surface area (Å²) in [6, 6.07) is 3.58. The number of benzene rings is 1. The standard InChI is InChI=1S/C9H10N4O/c1-5-6(13-9(10)11)2-3-7-8(5)12-4-14-7/h2-4H,1H3,(H4,10,11,13). The van der Waals surface area contributed by atoms with Gasteiger partial charge in [0.2, 0.25) is 0 Å². The highest BCUT2D eigenvalue weighted by atomic mass is 16.3. The maximum Gasteiger partial charge on any atom is 0.191 e. The number of guanidine groups is 1. The Labute approximate surface area is 80.4 Å². The lowest BCUT2D eigenvalue weighted by atomic mass is 10.2. The first-order valence-electron chi connectivity index (χ1n) is 4.11. The lowest BCUT2D eigenvalue weighted by Crippen LogP contribution is -2.22. The second-order valence-corrected chi connectivity index (χ2v) is 2.95. The number of aryl methyl sites for hydroxylation is 1. The van der Waals surface area contributed by atoms with Gasteiger partial charge >= 0.3 is 0 Å². The monoisotopic (exact) mass is 190 g/mol. The van der Waals surface area contributed by atoms with Gasteiger partial charge in [0.25, 0.3) is 0 Å². The molecule has 72 valence electrons. The van der Waals surface area contributed by atoms with E-state index in [1.54, 1.807) is 12.1 Å². The van der Waals surface area contributed by atoms with E-state index in [4.69, 9.17) is 15.9 Å². The average Bonchev–Trinajstić information content (AvgIpc) is 2.57. The minimum Gasteiger partial charge on any atom is -0.443 e. The van der Waals surface area contributed by atoms with Crippen molar-refractivity contribution >= 4 is 22.7 Å². The Balaban J connectivity index is 2.68. The van der Waals surface area contributed by atoms with Crippen molar-refractivity contribution in [1.29, 1.82) is 0 Å². The first-order valence-corrected chi connectivity index (χ1v) is 4.11. The third-order valence-electron chi connectivity index (χ3n) is 1.98. The molecule has 1 aromatic carbocycles. The molecule has 0 amide bonds. The molecular formula is C9H10N4O. The zero-order valence-corrected chi connectivity index (χ0v) is 7.69. The summed E-state index contributed by atoms with van der Waals surface area (Å²) in [6.07, 6.45) is 1.40. The van der Waals surface area contributed by atoms with E-state index in [9.17, 15) is 0 Å². The second-order valence-electron chi connectivity index (χ2n) is 2.95. The minimum absolute atomic E-state index is 0.0379. The van der Waals surface area contributed by atoms with Crippen LogP contribution in [0.1, 0.15) is 5.56 Å². The Morgan fingerprint density at radius 2 is 2.21 bits per heavy atom. The van der Waals surface area contributed by atoms with Gasteiger partial charge in [0.15, 0.2) is 17.9 Å². The van der Waals surface area contributed by atoms with Crippen molar-refractivity contribution in [1.82, 2.24) is 4.98 Å². The topological polar surface area (TPSA) is 90.4 Å². The third kappa shape index (κ3) is 1.28. The molecule has 0 radical (unpaired) electrons. The Morgan fingerprint density at radius 3 is 2.93 bits per heavy atom. The van der Waals surface area contributed by atoms with Crippen molar-refractivity contribution < 1.29 is 4.42 Å². The minimum atomic E-state index is 0.0379. The van der Waals surface area contributed by atoms with Crippen LogP contribution in [0.3, 0.4) is 0 Å². The molecule has 1 aromatic heterocycles. The highest BCUT2D eigenvalue weighted by molar-refractivity contribution is 5.85. The van der Waals surface area contributed by atoms with Gasteiger partial charge in [0, 0.05) is 5.56 Å². The SMILES string of the molecule is Cc1c(N=C(N)N)ccc2ocnc12. The number of oxazole rings is 1. The first-order chi connectivity index (χ1) is 6.68. The van der Waals surface area contributed by atoms with Crippen LogP contribution in [0.4, 0.5) is 5.69 Å². The van der Waals surface area contributed by atoms with Crippen LogP contribution in [0, 0.1) is 6.92 Å². The van der Waals surface area contributed by atoms with Crippen molar-refractivity contribution in [2.45, 2.75) is 6.92 Å². The normalized spacial score (nSPS) is 10.4. The fraction of sp³-hybridized carbons (Fsp3) is 0.111. The van der Waals surface area contributed by atoms with E-state index in [-0.39, 0.29) is 5.96 Å². The van der Waals surface area contributed by atoms with Crippen LogP contribution in [0.25, 0.3) is 11.1 Å². The van der Waals surface area contributed by atoms with E-state index in [1.807, 2.05) is 6.92 Å². The van der Waals surface area contributed by atoms with Crippen molar-refractivity contribution in [3.63, 3.8) is 0 Å². The van der Waals surface area contributed by atoms with E-state index in [2.05, 4.69) is 9.98 Å². The molecule has 0 fully saturated rings. The van der Waals surface area contributed by atoms with E-state index in [0.717, 1.165) is 16.7 Å². The van der Waals surface area contributed by atoms with Gasteiger partial charge in [-0.1, -0.05) is 0 Å². The Bertz CT molecular complexity index is 496. The average molecular weight is 190 g/mol. The molecule has 5 heteroatoms. The Morgan fingerprint density at radius 1 is 1.43 bits per heavy atom. The van der Waals surface area contributed by atoms with Crippen LogP contribution < -0.4 is 11.5 Å². The number of nitrogens with two attached hydrogens (primary N) is 2. The predicted octanol–water partition coefficient (Wildman–Crippen LogP) is 1.04. The number of fused-ring (bicyclic) bond motifs is 1. The maximum atomic E-state index is 5.30. The fourth-order valence-corrected chi connectivity index (χ4v) is 1.32. The summed E-state index contributed by atoms with van der Waals surface area (Å²) in [5.41, 5.74) is 13.7. The van der Waals surface area contributed by atoms with Crippen LogP contribution in [-0.4, -0.2) is 10.9 Å². The molecule has 4 N–H and O–H groups in total. The molecule has 0 saturated carbocycles. The quantitative estimate of drug-likeness (QED) is 0.519. The Hall–Kier alpha value is -2.04. The van der Waals surface area contributed by atoms with Gasteiger partial charge in [-0.3, -0.25) is 0 Å². The molecule has 0 bridgehead atoms. The van der Waals surface area contributed by atoms with E-state index in [1.165, 1.54) is 6.39 Å². The molecule has 5 nitrogen and oxygen atoms in total. The summed E-state index contributed by atoms with van der Waals surface area (Å²) < 4.78 is 5.14. The van der Waals surface area contributed by atoms with Crippen molar-refractivity contribution in [3.8, 4) is 0 Å². The molecule has 0 atom stereocenters. The van der Waals surface area contributed by atoms with Crippen LogP contribution in [0.2, 0.25) is 0 Å². The van der Waals surface area contributed by atoms with Crippen molar-refractivity contribution in [3.05, 3.63) is 24.1 Å². The van der Waals surface area contributed by atoms with Gasteiger partial charge in [-0.05, 0) is 19.1 Å². The van der Waals surface area contributed by atoms with Gasteiger partial charge in [-0.25, -0.2) is 9.98 Å². The van der Waals surface area contributed by atoms with Gasteiger partial charge in [0.1, 0.15) is 5.52 Å². The molecule has 0 aliphatic rings. The molecule has 2 aromatic rings. The number of nitrogens with zero attached hydrogens (tertiary/aromatic N) is 2. The van der Waals surface area contributed by atoms with Crippen LogP contribution >= 0.6 is 0 Å². The summed E-state index contributed by atoms with van der Waals surface area (Å²) in [5, 5.41) is 0. The zero-order chi connectivity index (χ0) is 10.1. The zero-order valence-electron chi connectivity index (χ0n) is 7.69. The van der Waals surface area contributed by atoms with Crippen LogP contribution in [0.15, 0.2) is 27.9 Å². The van der Waals surface area contributed by atoms with Crippen LogP contribution in [0.5, 0.6) is 0 Å². The van der Waals surface area contributed by atoms with E-state index >= 15 is 0 Å². The first kappa shape index (κ1) is 8.55. The Kier molecular flexibility index (Phi) is 1.85. The van der Waals surface area contributed by atoms with E-state index in [0.29, 0.717) is 5.69 Å². The third-order valence-corrected chi connectivity index (χ3v) is 1.98. The summed E-state index contributed by atoms with van der Waals surface area (Å²) >= 11 is 0. The van der Waals surface area contributed by atoms with E-state index < -0.39 is 0 Å². The van der Waals surface area contributed by atoms with Gasteiger partial charge in [0.05, 0.1) is 5.69 Å². The molecule has 0 aliphatic heterocycles. The number of hydrogen-bond acceptors (Lipinski definition) is 3. The number of aliphatic imine (C=N–C) groups is 1. The molecule has 0 aliphatic carbocycles. The van der Waals surface area contributed by atoms with Gasteiger partial charge < -0.3 is 15.9 Å². The highest BCUT2D eigenvalue weighted by Crippen LogP contribution is 2.25. The largest absolute Gasteiger partial charge is 0.443 e. The molecule has 1 heterocycles. The number of rotatable bonds is 1. The van der Waals surface area contributed by atoms with Gasteiger partial charge in [-0.15, -0.1) is 0 Å². The summed E-state index contributed by atoms with van der Waals surface area (Å²) in [6.45, 7) is 1.90. The number of aromatic nitrogens is 1. The summed E-state index contributed by atoms with van der Waals surface area (Å²) in [5.74, 6) is 0.0379. The lowest BCUT2D eigenvalue weighted by molar-refractivity contribution is 0.602.